The van der Waals surface area contributed by atoms with Gasteiger partial charge < -0.3 is 4.90 Å². The van der Waals surface area contributed by atoms with E-state index in [0.717, 1.165) is 44.1 Å². The Morgan fingerprint density at radius 2 is 1.50 bits per heavy atom. The molecule has 4 heteroatoms. The van der Waals surface area contributed by atoms with Crippen molar-refractivity contribution in [1.82, 2.24) is 14.7 Å². The average molecular weight is 373 g/mol. The molecule has 0 atom stereocenters. The third-order valence-corrected chi connectivity index (χ3v) is 5.42. The fourth-order valence-corrected chi connectivity index (χ4v) is 3.97. The van der Waals surface area contributed by atoms with E-state index in [-0.39, 0.29) is 0 Å². The Morgan fingerprint density at radius 1 is 0.857 bits per heavy atom. The van der Waals surface area contributed by atoms with Crippen LogP contribution in [0.3, 0.4) is 0 Å². The van der Waals surface area contributed by atoms with Gasteiger partial charge in [0.2, 0.25) is 0 Å². The summed E-state index contributed by atoms with van der Waals surface area (Å²) in [5.41, 5.74) is 6.02. The molecule has 1 fully saturated rings. The number of aromatic nitrogens is 2. The number of rotatable bonds is 5. The highest BCUT2D eigenvalue weighted by molar-refractivity contribution is 5.57. The maximum atomic E-state index is 4.81. The fraction of sp³-hybridized carbons (Fsp3) is 0.292. The third-order valence-electron chi connectivity index (χ3n) is 5.42. The molecule has 144 valence electrons. The van der Waals surface area contributed by atoms with Gasteiger partial charge in [0.15, 0.2) is 0 Å². The number of hydrogen-bond donors (Lipinski definition) is 0. The molecule has 0 saturated carbocycles. The van der Waals surface area contributed by atoms with Crippen LogP contribution >= 0.6 is 0 Å². The topological polar surface area (TPSA) is 24.3 Å². The first-order valence-electron chi connectivity index (χ1n) is 10.0. The highest BCUT2D eigenvalue weighted by Crippen LogP contribution is 2.27. The first kappa shape index (κ1) is 18.5. The zero-order valence-corrected chi connectivity index (χ0v) is 16.8. The van der Waals surface area contributed by atoms with Crippen LogP contribution in [0.5, 0.6) is 0 Å². The van der Waals surface area contributed by atoms with Crippen molar-refractivity contribution in [2.45, 2.75) is 13.8 Å². The highest BCUT2D eigenvalue weighted by Gasteiger charge is 2.22. The summed E-state index contributed by atoms with van der Waals surface area (Å²) < 4.78 is 2.07. The fourth-order valence-electron chi connectivity index (χ4n) is 3.97. The lowest BCUT2D eigenvalue weighted by atomic mass is 10.2. The van der Waals surface area contributed by atoms with Gasteiger partial charge in [0.05, 0.1) is 22.8 Å². The minimum Gasteiger partial charge on any atom is -0.366 e. The van der Waals surface area contributed by atoms with E-state index in [0.29, 0.717) is 0 Å². The van der Waals surface area contributed by atoms with Crippen LogP contribution in [-0.4, -0.2) is 47.4 Å². The Morgan fingerprint density at radius 3 is 2.18 bits per heavy atom. The summed E-state index contributed by atoms with van der Waals surface area (Å²) in [6, 6.07) is 20.9. The minimum absolute atomic E-state index is 1.00. The molecule has 1 saturated heterocycles. The lowest BCUT2D eigenvalue weighted by molar-refractivity contribution is 0.284. The Hall–Kier alpha value is -2.85. The molecular weight excluding hydrogens is 344 g/mol. The van der Waals surface area contributed by atoms with Crippen LogP contribution in [0.2, 0.25) is 0 Å². The second kappa shape index (κ2) is 8.44. The molecule has 4 rings (SSSR count). The van der Waals surface area contributed by atoms with Gasteiger partial charge in [-0.05, 0) is 31.5 Å². The number of anilines is 1. The lowest BCUT2D eigenvalue weighted by Gasteiger charge is -2.35. The van der Waals surface area contributed by atoms with Crippen molar-refractivity contribution in [3.05, 3.63) is 83.7 Å². The van der Waals surface area contributed by atoms with Gasteiger partial charge in [-0.3, -0.25) is 4.90 Å². The molecule has 2 heterocycles. The quantitative estimate of drug-likeness (QED) is 0.666. The SMILES string of the molecule is Cc1nn(-c2ccccc2)c(C)c1N1CCN(C/C=C/c2ccccc2)CC1. The van der Waals surface area contributed by atoms with Gasteiger partial charge in [0, 0.05) is 32.7 Å². The number of aryl methyl sites for hydroxylation is 1. The summed E-state index contributed by atoms with van der Waals surface area (Å²) in [6.45, 7) is 9.55. The van der Waals surface area contributed by atoms with Crippen LogP contribution in [0.1, 0.15) is 17.0 Å². The van der Waals surface area contributed by atoms with Crippen molar-refractivity contribution in [2.24, 2.45) is 0 Å². The molecule has 0 radical (unpaired) electrons. The predicted molar refractivity (Wildman–Crippen MR) is 117 cm³/mol. The largest absolute Gasteiger partial charge is 0.366 e. The molecular formula is C24H28N4. The second-order valence-electron chi connectivity index (χ2n) is 7.37. The number of hydrogen-bond acceptors (Lipinski definition) is 3. The Balaban J connectivity index is 1.39. The molecule has 0 unspecified atom stereocenters. The lowest BCUT2D eigenvalue weighted by Crippen LogP contribution is -2.46. The average Bonchev–Trinajstić information content (AvgIpc) is 3.04. The standard InChI is InChI=1S/C24H28N4/c1-20-24(21(2)28(25-20)23-13-7-4-8-14-23)27-18-16-26(17-19-27)15-9-12-22-10-5-3-6-11-22/h3-14H,15-19H2,1-2H3/b12-9+. The molecule has 0 bridgehead atoms. The van der Waals surface area contributed by atoms with Crippen LogP contribution < -0.4 is 4.90 Å². The van der Waals surface area contributed by atoms with Crippen LogP contribution in [0.25, 0.3) is 11.8 Å². The first-order chi connectivity index (χ1) is 13.7. The van der Waals surface area contributed by atoms with E-state index >= 15 is 0 Å². The molecule has 0 aliphatic carbocycles. The molecule has 4 nitrogen and oxygen atoms in total. The van der Waals surface area contributed by atoms with Crippen molar-refractivity contribution >= 4 is 11.8 Å². The van der Waals surface area contributed by atoms with E-state index in [1.54, 1.807) is 0 Å². The van der Waals surface area contributed by atoms with Crippen LogP contribution in [-0.2, 0) is 0 Å². The van der Waals surface area contributed by atoms with Crippen LogP contribution in [0.15, 0.2) is 66.7 Å². The maximum absolute atomic E-state index is 4.81. The number of nitrogens with zero attached hydrogens (tertiary/aromatic N) is 4. The van der Waals surface area contributed by atoms with E-state index in [9.17, 15) is 0 Å². The van der Waals surface area contributed by atoms with Crippen molar-refractivity contribution in [2.75, 3.05) is 37.6 Å². The number of para-hydroxylation sites is 1. The van der Waals surface area contributed by atoms with Gasteiger partial charge in [-0.15, -0.1) is 0 Å². The van der Waals surface area contributed by atoms with Gasteiger partial charge >= 0.3 is 0 Å². The van der Waals surface area contributed by atoms with Crippen molar-refractivity contribution in [1.29, 1.82) is 0 Å². The van der Waals surface area contributed by atoms with E-state index in [4.69, 9.17) is 5.10 Å². The normalized spacial score (nSPS) is 15.4. The predicted octanol–water partition coefficient (Wildman–Crippen LogP) is 4.32. The van der Waals surface area contributed by atoms with Gasteiger partial charge in [0.1, 0.15) is 0 Å². The second-order valence-corrected chi connectivity index (χ2v) is 7.37. The zero-order valence-electron chi connectivity index (χ0n) is 16.8. The smallest absolute Gasteiger partial charge is 0.0834 e. The molecule has 1 aliphatic rings. The highest BCUT2D eigenvalue weighted by atomic mass is 15.3. The molecule has 1 aromatic heterocycles. The van der Waals surface area contributed by atoms with Crippen LogP contribution in [0, 0.1) is 13.8 Å². The van der Waals surface area contributed by atoms with Crippen molar-refractivity contribution in [3.8, 4) is 5.69 Å². The molecule has 3 aromatic rings. The number of benzene rings is 2. The zero-order chi connectivity index (χ0) is 19.3. The monoisotopic (exact) mass is 372 g/mol. The number of piperazine rings is 1. The van der Waals surface area contributed by atoms with E-state index in [2.05, 4.69) is 95.1 Å². The Kier molecular flexibility index (Phi) is 5.58. The molecule has 2 aromatic carbocycles. The molecule has 28 heavy (non-hydrogen) atoms. The van der Waals surface area contributed by atoms with E-state index < -0.39 is 0 Å². The van der Waals surface area contributed by atoms with Crippen LogP contribution in [0.4, 0.5) is 5.69 Å². The molecule has 0 amide bonds. The molecule has 1 aliphatic heterocycles. The minimum atomic E-state index is 1.00. The van der Waals surface area contributed by atoms with E-state index in [1.807, 2.05) is 6.07 Å². The third kappa shape index (κ3) is 4.02. The van der Waals surface area contributed by atoms with Gasteiger partial charge in [0.25, 0.3) is 0 Å². The Labute approximate surface area is 167 Å². The van der Waals surface area contributed by atoms with Gasteiger partial charge in [-0.1, -0.05) is 60.7 Å². The summed E-state index contributed by atoms with van der Waals surface area (Å²) >= 11 is 0. The van der Waals surface area contributed by atoms with Gasteiger partial charge in [-0.2, -0.15) is 5.10 Å². The summed E-state index contributed by atoms with van der Waals surface area (Å²) in [7, 11) is 0. The Bertz CT molecular complexity index is 920. The summed E-state index contributed by atoms with van der Waals surface area (Å²) in [5.74, 6) is 0. The first-order valence-corrected chi connectivity index (χ1v) is 10.0. The summed E-state index contributed by atoms with van der Waals surface area (Å²) in [6.07, 6.45) is 4.49. The van der Waals surface area contributed by atoms with Crippen molar-refractivity contribution in [3.63, 3.8) is 0 Å². The summed E-state index contributed by atoms with van der Waals surface area (Å²) in [5, 5.41) is 4.81. The van der Waals surface area contributed by atoms with Crippen molar-refractivity contribution < 1.29 is 0 Å². The van der Waals surface area contributed by atoms with Gasteiger partial charge in [-0.25, -0.2) is 4.68 Å². The molecule has 0 N–H and O–H groups in total. The van der Waals surface area contributed by atoms with E-state index in [1.165, 1.54) is 16.9 Å². The molecule has 0 spiro atoms. The summed E-state index contributed by atoms with van der Waals surface area (Å²) in [4.78, 5) is 5.01. The maximum Gasteiger partial charge on any atom is 0.0834 e.